The lowest BCUT2D eigenvalue weighted by atomic mass is 9.85. The van der Waals surface area contributed by atoms with Gasteiger partial charge in [-0.05, 0) is 19.8 Å². The molecule has 0 aromatic carbocycles. The molecule has 0 bridgehead atoms. The Morgan fingerprint density at radius 3 is 2.81 bits per heavy atom. The van der Waals surface area contributed by atoms with Crippen LogP contribution in [0.2, 0.25) is 0 Å². The zero-order valence-corrected chi connectivity index (χ0v) is 10.2. The molecule has 1 unspecified atom stereocenters. The predicted octanol–water partition coefficient (Wildman–Crippen LogP) is 1.36. The van der Waals surface area contributed by atoms with Crippen LogP contribution in [-0.2, 0) is 14.3 Å². The molecule has 4 heteroatoms. The average molecular weight is 225 g/mol. The first kappa shape index (κ1) is 12.7. The summed E-state index contributed by atoms with van der Waals surface area (Å²) in [6.45, 7) is 2.19. The lowest BCUT2D eigenvalue weighted by molar-refractivity contribution is -0.148. The number of esters is 1. The molecule has 0 N–H and O–H groups in total. The average Bonchev–Trinajstić information content (AvgIpc) is 2.21. The van der Waals surface area contributed by atoms with E-state index in [1.165, 1.54) is 0 Å². The van der Waals surface area contributed by atoms with Gasteiger partial charge in [-0.2, -0.15) is 0 Å². The number of nitrogens with zero attached hydrogens (tertiary/aromatic N) is 1. The number of ether oxygens (including phenoxy) is 1. The molecule has 0 heterocycles. The molecule has 0 aliphatic heterocycles. The highest BCUT2D eigenvalue weighted by molar-refractivity contribution is 5.97. The smallest absolute Gasteiger partial charge is 0.309 e. The number of hydrogen-bond donors (Lipinski definition) is 0. The van der Waals surface area contributed by atoms with Crippen LogP contribution in [0, 0.1) is 5.92 Å². The van der Waals surface area contributed by atoms with Gasteiger partial charge in [0, 0.05) is 32.3 Å². The van der Waals surface area contributed by atoms with E-state index in [2.05, 4.69) is 0 Å². The van der Waals surface area contributed by atoms with Crippen LogP contribution in [0.5, 0.6) is 0 Å². The summed E-state index contributed by atoms with van der Waals surface area (Å²) < 4.78 is 4.98. The van der Waals surface area contributed by atoms with Crippen molar-refractivity contribution >= 4 is 11.8 Å². The third-order valence-electron chi connectivity index (χ3n) is 2.58. The first-order valence-electron chi connectivity index (χ1n) is 5.61. The molecule has 0 spiro atoms. The van der Waals surface area contributed by atoms with Crippen LogP contribution < -0.4 is 0 Å². The fourth-order valence-corrected chi connectivity index (χ4v) is 1.84. The third kappa shape index (κ3) is 3.36. The summed E-state index contributed by atoms with van der Waals surface area (Å²) in [7, 11) is 3.74. The Morgan fingerprint density at radius 2 is 2.25 bits per heavy atom. The SMILES string of the molecule is CCOC(=O)C1CCC(=O)C(=CN(C)C)C1. The monoisotopic (exact) mass is 225 g/mol. The number of carbonyl (C=O) groups is 2. The van der Waals surface area contributed by atoms with Gasteiger partial charge in [0.25, 0.3) is 0 Å². The molecular weight excluding hydrogens is 206 g/mol. The summed E-state index contributed by atoms with van der Waals surface area (Å²) in [6.07, 6.45) is 3.37. The van der Waals surface area contributed by atoms with E-state index in [1.54, 1.807) is 13.1 Å². The molecular formula is C12H19NO3. The van der Waals surface area contributed by atoms with E-state index >= 15 is 0 Å². The molecule has 90 valence electrons. The Labute approximate surface area is 96.3 Å². The molecule has 0 radical (unpaired) electrons. The van der Waals surface area contributed by atoms with Crippen molar-refractivity contribution in [1.82, 2.24) is 4.90 Å². The first-order valence-corrected chi connectivity index (χ1v) is 5.61. The predicted molar refractivity (Wildman–Crippen MR) is 60.8 cm³/mol. The number of hydrogen-bond acceptors (Lipinski definition) is 4. The van der Waals surface area contributed by atoms with Crippen LogP contribution in [-0.4, -0.2) is 37.4 Å². The van der Waals surface area contributed by atoms with Crippen molar-refractivity contribution in [2.45, 2.75) is 26.2 Å². The molecule has 4 nitrogen and oxygen atoms in total. The van der Waals surface area contributed by atoms with Crippen molar-refractivity contribution in [3.8, 4) is 0 Å². The number of allylic oxidation sites excluding steroid dienone is 1. The van der Waals surface area contributed by atoms with Crippen molar-refractivity contribution in [2.24, 2.45) is 5.92 Å². The maximum atomic E-state index is 11.6. The third-order valence-corrected chi connectivity index (χ3v) is 2.58. The standard InChI is InChI=1S/C12H19NO3/c1-4-16-12(15)9-5-6-11(14)10(7-9)8-13(2)3/h8-9H,4-7H2,1-3H3. The molecule has 0 aromatic heterocycles. The minimum atomic E-state index is -0.181. The maximum absolute atomic E-state index is 11.6. The van der Waals surface area contributed by atoms with Gasteiger partial charge in [-0.25, -0.2) is 0 Å². The zero-order chi connectivity index (χ0) is 12.1. The molecule has 16 heavy (non-hydrogen) atoms. The molecule has 1 fully saturated rings. The van der Waals surface area contributed by atoms with Crippen LogP contribution in [0.1, 0.15) is 26.2 Å². The topological polar surface area (TPSA) is 46.6 Å². The minimum Gasteiger partial charge on any atom is -0.466 e. The summed E-state index contributed by atoms with van der Waals surface area (Å²) in [5.74, 6) is -0.183. The van der Waals surface area contributed by atoms with Gasteiger partial charge < -0.3 is 9.64 Å². The largest absolute Gasteiger partial charge is 0.466 e. The van der Waals surface area contributed by atoms with Gasteiger partial charge in [0.15, 0.2) is 5.78 Å². The Hall–Kier alpha value is -1.32. The van der Waals surface area contributed by atoms with Crippen molar-refractivity contribution in [1.29, 1.82) is 0 Å². The summed E-state index contributed by atoms with van der Waals surface area (Å²) >= 11 is 0. The van der Waals surface area contributed by atoms with Gasteiger partial charge in [-0.3, -0.25) is 9.59 Å². The lowest BCUT2D eigenvalue weighted by Gasteiger charge is -2.22. The molecule has 1 rings (SSSR count). The molecule has 1 aliphatic carbocycles. The van der Waals surface area contributed by atoms with Gasteiger partial charge in [-0.1, -0.05) is 0 Å². The number of carbonyl (C=O) groups excluding carboxylic acids is 2. The van der Waals surface area contributed by atoms with Crippen molar-refractivity contribution in [3.63, 3.8) is 0 Å². The summed E-state index contributed by atoms with van der Waals surface area (Å²) in [5, 5.41) is 0. The second kappa shape index (κ2) is 5.68. The van der Waals surface area contributed by atoms with E-state index in [0.29, 0.717) is 25.9 Å². The van der Waals surface area contributed by atoms with Gasteiger partial charge in [0.1, 0.15) is 0 Å². The first-order chi connectivity index (χ1) is 7.54. The Morgan fingerprint density at radius 1 is 1.56 bits per heavy atom. The van der Waals surface area contributed by atoms with Crippen LogP contribution in [0.15, 0.2) is 11.8 Å². The van der Waals surface area contributed by atoms with Gasteiger partial charge in [-0.15, -0.1) is 0 Å². The fraction of sp³-hybridized carbons (Fsp3) is 0.667. The maximum Gasteiger partial charge on any atom is 0.309 e. The van der Waals surface area contributed by atoms with E-state index < -0.39 is 0 Å². The summed E-state index contributed by atoms with van der Waals surface area (Å²) in [5.41, 5.74) is 0.731. The number of ketones is 1. The zero-order valence-electron chi connectivity index (χ0n) is 10.2. The van der Waals surface area contributed by atoms with E-state index in [-0.39, 0.29) is 17.7 Å². The quantitative estimate of drug-likeness (QED) is 0.537. The van der Waals surface area contributed by atoms with Crippen LogP contribution in [0.4, 0.5) is 0 Å². The highest BCUT2D eigenvalue weighted by Gasteiger charge is 2.29. The molecule has 0 saturated heterocycles. The number of rotatable bonds is 3. The molecule has 1 aliphatic rings. The summed E-state index contributed by atoms with van der Waals surface area (Å²) in [4.78, 5) is 25.0. The lowest BCUT2D eigenvalue weighted by Crippen LogP contribution is -2.26. The highest BCUT2D eigenvalue weighted by Crippen LogP contribution is 2.27. The Balaban J connectivity index is 2.67. The van der Waals surface area contributed by atoms with Crippen LogP contribution >= 0.6 is 0 Å². The molecule has 0 amide bonds. The number of Topliss-reactive ketones (excluding diaryl/α,β-unsaturated/α-hetero) is 1. The Kier molecular flexibility index (Phi) is 4.52. The van der Waals surface area contributed by atoms with E-state index in [1.807, 2.05) is 19.0 Å². The van der Waals surface area contributed by atoms with Crippen LogP contribution in [0.25, 0.3) is 0 Å². The highest BCUT2D eigenvalue weighted by atomic mass is 16.5. The van der Waals surface area contributed by atoms with Crippen molar-refractivity contribution < 1.29 is 14.3 Å². The minimum absolute atomic E-state index is 0.147. The van der Waals surface area contributed by atoms with Gasteiger partial charge in [0.2, 0.25) is 0 Å². The molecule has 0 aromatic rings. The summed E-state index contributed by atoms with van der Waals surface area (Å²) in [6, 6.07) is 0. The van der Waals surface area contributed by atoms with E-state index in [9.17, 15) is 9.59 Å². The van der Waals surface area contributed by atoms with Crippen molar-refractivity contribution in [2.75, 3.05) is 20.7 Å². The van der Waals surface area contributed by atoms with Gasteiger partial charge in [0.05, 0.1) is 12.5 Å². The molecule has 1 saturated carbocycles. The second-order valence-electron chi connectivity index (χ2n) is 4.23. The van der Waals surface area contributed by atoms with Crippen LogP contribution in [0.3, 0.4) is 0 Å². The van der Waals surface area contributed by atoms with E-state index in [0.717, 1.165) is 5.57 Å². The second-order valence-corrected chi connectivity index (χ2v) is 4.23. The fourth-order valence-electron chi connectivity index (χ4n) is 1.84. The Bertz CT molecular complexity index is 307. The van der Waals surface area contributed by atoms with Gasteiger partial charge >= 0.3 is 5.97 Å². The normalized spacial score (nSPS) is 23.3. The van der Waals surface area contributed by atoms with Crippen molar-refractivity contribution in [3.05, 3.63) is 11.8 Å². The molecule has 1 atom stereocenters. The van der Waals surface area contributed by atoms with E-state index in [4.69, 9.17) is 4.74 Å².